The number of rotatable bonds is 6. The average molecular weight is 378 g/mol. The van der Waals surface area contributed by atoms with E-state index in [1.165, 1.54) is 11.8 Å². The minimum atomic E-state index is -1.06. The summed E-state index contributed by atoms with van der Waals surface area (Å²) in [5.74, 6) is -0.970. The quantitative estimate of drug-likeness (QED) is 0.537. The summed E-state index contributed by atoms with van der Waals surface area (Å²) < 4.78 is 1.92. The summed E-state index contributed by atoms with van der Waals surface area (Å²) >= 11 is 1.34. The Bertz CT molecular complexity index is 842. The zero-order valence-corrected chi connectivity index (χ0v) is 15.5. The molecule has 1 aromatic heterocycles. The summed E-state index contributed by atoms with van der Waals surface area (Å²) in [5, 5.41) is 12.1. The highest BCUT2D eigenvalue weighted by Crippen LogP contribution is 2.37. The first-order valence-electron chi connectivity index (χ1n) is 8.31. The number of thioether (sulfide) groups is 1. The van der Waals surface area contributed by atoms with E-state index in [9.17, 15) is 14.4 Å². The second kappa shape index (κ2) is 6.90. The first-order valence-corrected chi connectivity index (χ1v) is 9.46. The van der Waals surface area contributed by atoms with Gasteiger partial charge in [0.15, 0.2) is 0 Å². The van der Waals surface area contributed by atoms with Crippen molar-refractivity contribution in [2.75, 3.05) is 12.8 Å². The first-order chi connectivity index (χ1) is 12.3. The van der Waals surface area contributed by atoms with Gasteiger partial charge in [-0.05, 0) is 19.5 Å². The summed E-state index contributed by atoms with van der Waals surface area (Å²) in [6.07, 6.45) is 0.698. The van der Waals surface area contributed by atoms with Crippen molar-refractivity contribution in [3.8, 4) is 0 Å². The molecule has 140 valence electrons. The average Bonchev–Trinajstić information content (AvgIpc) is 3.15. The van der Waals surface area contributed by atoms with E-state index in [1.54, 1.807) is 6.92 Å². The number of carboxylic acids is 1. The summed E-state index contributed by atoms with van der Waals surface area (Å²) in [5.41, 5.74) is 14.2. The zero-order valence-electron chi connectivity index (χ0n) is 14.7. The third kappa shape index (κ3) is 2.85. The van der Waals surface area contributed by atoms with Crippen LogP contribution in [0.1, 0.15) is 39.0 Å². The second-order valence-corrected chi connectivity index (χ2v) is 7.64. The van der Waals surface area contributed by atoms with Crippen molar-refractivity contribution < 1.29 is 19.5 Å². The number of Topliss-reactive ketones (excluding diaryl/α,β-unsaturated/α-hetero) is 2. The van der Waals surface area contributed by atoms with Gasteiger partial charge in [0.1, 0.15) is 11.7 Å². The number of carbonyl (C=O) groups is 3. The van der Waals surface area contributed by atoms with E-state index < -0.39 is 12.0 Å². The van der Waals surface area contributed by atoms with Gasteiger partial charge in [-0.15, -0.1) is 0 Å². The van der Waals surface area contributed by atoms with Crippen LogP contribution in [0.5, 0.6) is 0 Å². The lowest BCUT2D eigenvalue weighted by molar-refractivity contribution is -0.137. The Labute approximate surface area is 155 Å². The third-order valence-electron chi connectivity index (χ3n) is 5.03. The van der Waals surface area contributed by atoms with Crippen molar-refractivity contribution in [2.24, 2.45) is 11.5 Å². The lowest BCUT2D eigenvalue weighted by Gasteiger charge is -2.18. The fourth-order valence-corrected chi connectivity index (χ4v) is 4.50. The molecule has 0 aromatic carbocycles. The predicted octanol–water partition coefficient (Wildman–Crippen LogP) is -0.111. The second-order valence-electron chi connectivity index (χ2n) is 6.61. The van der Waals surface area contributed by atoms with Crippen molar-refractivity contribution in [3.05, 3.63) is 33.8 Å². The van der Waals surface area contributed by atoms with Crippen molar-refractivity contribution in [1.29, 1.82) is 0 Å². The summed E-state index contributed by atoms with van der Waals surface area (Å²) in [6.45, 7) is 2.18. The van der Waals surface area contributed by atoms with Crippen molar-refractivity contribution >= 4 is 29.3 Å². The monoisotopic (exact) mass is 378 g/mol. The van der Waals surface area contributed by atoms with Gasteiger partial charge < -0.3 is 26.5 Å². The van der Waals surface area contributed by atoms with Crippen LogP contribution in [0.2, 0.25) is 0 Å². The highest BCUT2D eigenvalue weighted by Gasteiger charge is 2.39. The summed E-state index contributed by atoms with van der Waals surface area (Å²) in [6, 6.07) is -0.784. The molecule has 0 amide bonds. The van der Waals surface area contributed by atoms with E-state index in [1.807, 2.05) is 11.6 Å². The Balaban J connectivity index is 1.99. The van der Waals surface area contributed by atoms with Crippen molar-refractivity contribution in [1.82, 2.24) is 9.88 Å². The number of hydrogen-bond donors (Lipinski definition) is 4. The third-order valence-corrected chi connectivity index (χ3v) is 6.11. The predicted molar refractivity (Wildman–Crippen MR) is 98.3 cm³/mol. The molecule has 2 aliphatic rings. The number of carbonyl (C=O) groups excluding carboxylic acids is 2. The number of fused-ring (bicyclic) bond motifs is 3. The molecule has 1 aliphatic carbocycles. The molecule has 0 unspecified atom stereocenters. The van der Waals surface area contributed by atoms with Crippen LogP contribution in [0.15, 0.2) is 11.3 Å². The van der Waals surface area contributed by atoms with E-state index in [4.69, 9.17) is 16.6 Å². The molecule has 0 spiro atoms. The number of aromatic nitrogens is 1. The Kier molecular flexibility index (Phi) is 4.96. The molecule has 9 heteroatoms. The van der Waals surface area contributed by atoms with E-state index in [0.29, 0.717) is 30.0 Å². The summed E-state index contributed by atoms with van der Waals surface area (Å²) in [7, 11) is 1.86. The summed E-state index contributed by atoms with van der Waals surface area (Å²) in [4.78, 5) is 36.4. The van der Waals surface area contributed by atoms with Gasteiger partial charge in [-0.1, -0.05) is 0 Å². The largest absolute Gasteiger partial charge is 0.480 e. The smallest absolute Gasteiger partial charge is 0.321 e. The number of nitrogens with zero attached hydrogens (tertiary/aromatic N) is 1. The van der Waals surface area contributed by atoms with E-state index in [0.717, 1.165) is 11.3 Å². The maximum Gasteiger partial charge on any atom is 0.321 e. The highest BCUT2D eigenvalue weighted by molar-refractivity contribution is 7.98. The van der Waals surface area contributed by atoms with Gasteiger partial charge >= 0.3 is 5.97 Å². The molecular weight excluding hydrogens is 356 g/mol. The molecule has 0 radical (unpaired) electrons. The minimum Gasteiger partial charge on any atom is -0.480 e. The van der Waals surface area contributed by atoms with Gasteiger partial charge in [-0.25, -0.2) is 0 Å². The Hall–Kier alpha value is -2.10. The van der Waals surface area contributed by atoms with Gasteiger partial charge in [-0.2, -0.15) is 11.8 Å². The number of aliphatic carboxylic acids is 1. The molecule has 0 saturated carbocycles. The van der Waals surface area contributed by atoms with Crippen molar-refractivity contribution in [2.45, 2.75) is 37.7 Å². The molecule has 1 aromatic rings. The Morgan fingerprint density at radius 2 is 2.12 bits per heavy atom. The molecule has 2 atom stereocenters. The minimum absolute atomic E-state index is 0.00886. The molecule has 0 bridgehead atoms. The van der Waals surface area contributed by atoms with E-state index in [2.05, 4.69) is 5.32 Å². The molecule has 26 heavy (non-hydrogen) atoms. The molecule has 2 heterocycles. The fraction of sp³-hybridized carbons (Fsp3) is 0.471. The van der Waals surface area contributed by atoms with Gasteiger partial charge in [0.05, 0.1) is 11.3 Å². The van der Waals surface area contributed by atoms with Crippen LogP contribution in [0.25, 0.3) is 0 Å². The lowest BCUT2D eigenvalue weighted by Crippen LogP contribution is -2.32. The van der Waals surface area contributed by atoms with Crippen LogP contribution in [0.3, 0.4) is 0 Å². The molecule has 8 nitrogen and oxygen atoms in total. The molecule has 6 N–H and O–H groups in total. The molecule has 0 saturated heterocycles. The standard InChI is InChI=1S/C17H22N4O4S/c1-7-13(19)16(23)12-9(5-26-6-10(18)17(24)25)11-3-8(20-2)4-21(11)14(12)15(7)22/h8,10,20H,3-6,18-19H2,1-2H3,(H,24,25)/t8-,10+/m1/s1. The highest BCUT2D eigenvalue weighted by atomic mass is 32.2. The Morgan fingerprint density at radius 3 is 2.73 bits per heavy atom. The number of carboxylic acid groups (broad SMARTS) is 1. The van der Waals surface area contributed by atoms with Crippen LogP contribution >= 0.6 is 11.8 Å². The Morgan fingerprint density at radius 1 is 1.42 bits per heavy atom. The topological polar surface area (TPSA) is 140 Å². The number of ketones is 2. The van der Waals surface area contributed by atoms with E-state index >= 15 is 0 Å². The van der Waals surface area contributed by atoms with Crippen LogP contribution < -0.4 is 16.8 Å². The van der Waals surface area contributed by atoms with Crippen LogP contribution in [-0.2, 0) is 23.5 Å². The molecule has 1 aliphatic heterocycles. The van der Waals surface area contributed by atoms with Crippen LogP contribution in [0, 0.1) is 0 Å². The number of allylic oxidation sites excluding steroid dienone is 2. The maximum absolute atomic E-state index is 12.8. The van der Waals surface area contributed by atoms with Gasteiger partial charge in [0, 0.05) is 41.8 Å². The molecular formula is C17H22N4O4S. The molecule has 0 fully saturated rings. The maximum atomic E-state index is 12.8. The fourth-order valence-electron chi connectivity index (χ4n) is 3.47. The SMILES string of the molecule is CN[C@@H]1Cc2c(CSC[C@H](N)C(=O)O)c3c(n2C1)C(=O)C(C)=C(N)C3=O. The number of hydrogen-bond acceptors (Lipinski definition) is 7. The van der Waals surface area contributed by atoms with Crippen molar-refractivity contribution in [3.63, 3.8) is 0 Å². The van der Waals surface area contributed by atoms with Crippen LogP contribution in [-0.4, -0.2) is 52.1 Å². The number of nitrogens with one attached hydrogen (secondary N) is 1. The van der Waals surface area contributed by atoms with Gasteiger partial charge in [0.2, 0.25) is 11.6 Å². The van der Waals surface area contributed by atoms with Crippen LogP contribution in [0.4, 0.5) is 0 Å². The van der Waals surface area contributed by atoms with Gasteiger partial charge in [-0.3, -0.25) is 14.4 Å². The number of nitrogens with two attached hydrogens (primary N) is 2. The molecule has 3 rings (SSSR count). The lowest BCUT2D eigenvalue weighted by atomic mass is 9.90. The van der Waals surface area contributed by atoms with Gasteiger partial charge in [0.25, 0.3) is 0 Å². The number of likely N-dealkylation sites (N-methyl/N-ethyl adjacent to an activating group) is 1. The first kappa shape index (κ1) is 18.7. The van der Waals surface area contributed by atoms with E-state index in [-0.39, 0.29) is 34.6 Å². The normalized spacial score (nSPS) is 20.3. The zero-order chi connectivity index (χ0) is 19.2.